The summed E-state index contributed by atoms with van der Waals surface area (Å²) in [7, 11) is 1.56. The molecule has 0 spiro atoms. The van der Waals surface area contributed by atoms with Crippen LogP contribution in [0.15, 0.2) is 42.0 Å². The van der Waals surface area contributed by atoms with Gasteiger partial charge in [0.1, 0.15) is 30.6 Å². The molecule has 6 nitrogen and oxygen atoms in total. The Hall–Kier alpha value is -3.46. The van der Waals surface area contributed by atoms with Gasteiger partial charge in [-0.15, -0.1) is 0 Å². The maximum Gasteiger partial charge on any atom is 0.266 e. The molecule has 1 aliphatic rings. The molecule has 144 valence electrons. The molecule has 3 rings (SSSR count). The second kappa shape index (κ2) is 8.49. The lowest BCUT2D eigenvalue weighted by atomic mass is 9.99. The Balaban J connectivity index is 1.86. The van der Waals surface area contributed by atoms with E-state index in [1.54, 1.807) is 25.3 Å². The van der Waals surface area contributed by atoms with Crippen LogP contribution < -0.4 is 19.5 Å². The van der Waals surface area contributed by atoms with Crippen LogP contribution in [0.1, 0.15) is 30.9 Å². The van der Waals surface area contributed by atoms with Crippen LogP contribution in [0.4, 0.5) is 5.69 Å². The molecule has 1 amide bonds. The molecule has 1 heterocycles. The first-order chi connectivity index (χ1) is 13.5. The summed E-state index contributed by atoms with van der Waals surface area (Å²) in [4.78, 5) is 12.6. The molecule has 6 heteroatoms. The molecule has 0 bridgehead atoms. The number of methoxy groups -OCH3 is 1. The Morgan fingerprint density at radius 3 is 2.61 bits per heavy atom. The summed E-state index contributed by atoms with van der Waals surface area (Å²) in [5, 5.41) is 12.2. The van der Waals surface area contributed by atoms with Gasteiger partial charge in [-0.2, -0.15) is 5.26 Å². The van der Waals surface area contributed by atoms with Crippen LogP contribution in [0.25, 0.3) is 6.08 Å². The number of hydrogen-bond acceptors (Lipinski definition) is 5. The first-order valence-corrected chi connectivity index (χ1v) is 9.02. The molecule has 0 saturated carbocycles. The van der Waals surface area contributed by atoms with Gasteiger partial charge in [0.05, 0.1) is 7.11 Å². The molecular weight excluding hydrogens is 356 g/mol. The lowest BCUT2D eigenvalue weighted by Crippen LogP contribution is -2.17. The first kappa shape index (κ1) is 19.3. The van der Waals surface area contributed by atoms with Crippen molar-refractivity contribution in [3.8, 4) is 23.3 Å². The third kappa shape index (κ3) is 4.26. The smallest absolute Gasteiger partial charge is 0.266 e. The fourth-order valence-corrected chi connectivity index (χ4v) is 2.85. The SMILES string of the molecule is COc1ccc(C(C)C)cc1/C=C(\C#N)C(=O)Nc1ccc2c(c1)OCCO2. The highest BCUT2D eigenvalue weighted by atomic mass is 16.6. The number of carbonyl (C=O) groups is 1. The Kier molecular flexibility index (Phi) is 5.85. The van der Waals surface area contributed by atoms with Gasteiger partial charge in [-0.1, -0.05) is 19.9 Å². The van der Waals surface area contributed by atoms with Gasteiger partial charge in [-0.25, -0.2) is 0 Å². The van der Waals surface area contributed by atoms with Crippen LogP contribution in [0.3, 0.4) is 0 Å². The third-order valence-electron chi connectivity index (χ3n) is 4.39. The average molecular weight is 378 g/mol. The fourth-order valence-electron chi connectivity index (χ4n) is 2.85. The van der Waals surface area contributed by atoms with Gasteiger partial charge in [0, 0.05) is 17.3 Å². The zero-order valence-electron chi connectivity index (χ0n) is 16.1. The molecule has 1 N–H and O–H groups in total. The van der Waals surface area contributed by atoms with E-state index in [4.69, 9.17) is 14.2 Å². The summed E-state index contributed by atoms with van der Waals surface area (Å²) in [6.45, 7) is 5.11. The second-order valence-corrected chi connectivity index (χ2v) is 6.64. The van der Waals surface area contributed by atoms with Gasteiger partial charge in [-0.05, 0) is 41.8 Å². The maximum atomic E-state index is 12.6. The normalized spacial score (nSPS) is 13.0. The Morgan fingerprint density at radius 2 is 1.93 bits per heavy atom. The van der Waals surface area contributed by atoms with Crippen molar-refractivity contribution in [1.82, 2.24) is 0 Å². The highest BCUT2D eigenvalue weighted by Crippen LogP contribution is 2.33. The molecule has 0 atom stereocenters. The zero-order chi connectivity index (χ0) is 20.1. The number of fused-ring (bicyclic) bond motifs is 1. The molecule has 0 fully saturated rings. The molecule has 2 aromatic carbocycles. The van der Waals surface area contributed by atoms with Crippen LogP contribution in [-0.4, -0.2) is 26.2 Å². The molecular formula is C22H22N2O4. The van der Waals surface area contributed by atoms with E-state index in [1.165, 1.54) is 6.08 Å². The van der Waals surface area contributed by atoms with Crippen LogP contribution in [0.5, 0.6) is 17.2 Å². The molecule has 0 aromatic heterocycles. The minimum absolute atomic E-state index is 0.0194. The standard InChI is InChI=1S/C22H22N2O4/c1-14(2)15-4-6-19(26-3)16(10-15)11-17(13-23)22(25)24-18-5-7-20-21(12-18)28-9-8-27-20/h4-7,10-12,14H,8-9H2,1-3H3,(H,24,25)/b17-11+. The zero-order valence-corrected chi connectivity index (χ0v) is 16.1. The summed E-state index contributed by atoms with van der Waals surface area (Å²) < 4.78 is 16.4. The quantitative estimate of drug-likeness (QED) is 0.625. The minimum Gasteiger partial charge on any atom is -0.496 e. The van der Waals surface area contributed by atoms with Crippen molar-refractivity contribution in [2.24, 2.45) is 0 Å². The molecule has 0 radical (unpaired) electrons. The number of nitriles is 1. The molecule has 0 saturated heterocycles. The van der Waals surface area contributed by atoms with E-state index >= 15 is 0 Å². The predicted octanol–water partition coefficient (Wildman–Crippen LogP) is 4.14. The molecule has 1 aliphatic heterocycles. The van der Waals surface area contributed by atoms with Crippen molar-refractivity contribution in [3.05, 3.63) is 53.1 Å². The van der Waals surface area contributed by atoms with Gasteiger partial charge < -0.3 is 19.5 Å². The third-order valence-corrected chi connectivity index (χ3v) is 4.39. The molecule has 28 heavy (non-hydrogen) atoms. The topological polar surface area (TPSA) is 80.6 Å². The Morgan fingerprint density at radius 1 is 1.18 bits per heavy atom. The summed E-state index contributed by atoms with van der Waals surface area (Å²) in [5.74, 6) is 1.61. The van der Waals surface area contributed by atoms with Gasteiger partial charge in [0.25, 0.3) is 5.91 Å². The van der Waals surface area contributed by atoms with Gasteiger partial charge in [0.2, 0.25) is 0 Å². The Bertz CT molecular complexity index is 957. The number of hydrogen-bond donors (Lipinski definition) is 1. The van der Waals surface area contributed by atoms with Crippen LogP contribution in [0.2, 0.25) is 0 Å². The van der Waals surface area contributed by atoms with E-state index in [1.807, 2.05) is 24.3 Å². The van der Waals surface area contributed by atoms with E-state index in [-0.39, 0.29) is 5.57 Å². The number of rotatable bonds is 5. The minimum atomic E-state index is -0.504. The van der Waals surface area contributed by atoms with Crippen molar-refractivity contribution in [2.75, 3.05) is 25.6 Å². The van der Waals surface area contributed by atoms with E-state index < -0.39 is 5.91 Å². The summed E-state index contributed by atoms with van der Waals surface area (Å²) in [6, 6.07) is 12.8. The number of amides is 1. The Labute approximate surface area is 164 Å². The lowest BCUT2D eigenvalue weighted by Gasteiger charge is -2.19. The average Bonchev–Trinajstić information content (AvgIpc) is 2.71. The summed E-state index contributed by atoms with van der Waals surface area (Å²) in [5.41, 5.74) is 2.28. The van der Waals surface area contributed by atoms with Gasteiger partial charge in [0.15, 0.2) is 11.5 Å². The fraction of sp³-hybridized carbons (Fsp3) is 0.273. The predicted molar refractivity (Wildman–Crippen MR) is 107 cm³/mol. The number of nitrogens with zero attached hydrogens (tertiary/aromatic N) is 1. The molecule has 0 unspecified atom stereocenters. The number of ether oxygens (including phenoxy) is 3. The highest BCUT2D eigenvalue weighted by Gasteiger charge is 2.15. The maximum absolute atomic E-state index is 12.6. The van der Waals surface area contributed by atoms with Crippen molar-refractivity contribution in [1.29, 1.82) is 5.26 Å². The summed E-state index contributed by atoms with van der Waals surface area (Å²) in [6.07, 6.45) is 1.54. The molecule has 2 aromatic rings. The lowest BCUT2D eigenvalue weighted by molar-refractivity contribution is -0.112. The van der Waals surface area contributed by atoms with E-state index in [9.17, 15) is 10.1 Å². The van der Waals surface area contributed by atoms with Crippen molar-refractivity contribution < 1.29 is 19.0 Å². The van der Waals surface area contributed by atoms with Crippen LogP contribution >= 0.6 is 0 Å². The number of anilines is 1. The van der Waals surface area contributed by atoms with E-state index in [0.717, 1.165) is 5.56 Å². The number of nitrogens with one attached hydrogen (secondary N) is 1. The number of benzene rings is 2. The van der Waals surface area contributed by atoms with Gasteiger partial charge in [-0.3, -0.25) is 4.79 Å². The first-order valence-electron chi connectivity index (χ1n) is 9.02. The van der Waals surface area contributed by atoms with Gasteiger partial charge >= 0.3 is 0 Å². The highest BCUT2D eigenvalue weighted by molar-refractivity contribution is 6.10. The summed E-state index contributed by atoms with van der Waals surface area (Å²) >= 11 is 0. The number of carbonyl (C=O) groups excluding carboxylic acids is 1. The monoisotopic (exact) mass is 378 g/mol. The van der Waals surface area contributed by atoms with Crippen molar-refractivity contribution in [2.45, 2.75) is 19.8 Å². The van der Waals surface area contributed by atoms with Crippen molar-refractivity contribution >= 4 is 17.7 Å². The van der Waals surface area contributed by atoms with Crippen molar-refractivity contribution in [3.63, 3.8) is 0 Å². The van der Waals surface area contributed by atoms with E-state index in [2.05, 4.69) is 19.2 Å². The molecule has 0 aliphatic carbocycles. The second-order valence-electron chi connectivity index (χ2n) is 6.64. The largest absolute Gasteiger partial charge is 0.496 e. The van der Waals surface area contributed by atoms with Crippen LogP contribution in [-0.2, 0) is 4.79 Å². The van der Waals surface area contributed by atoms with Crippen LogP contribution in [0, 0.1) is 11.3 Å². The van der Waals surface area contributed by atoms with E-state index in [0.29, 0.717) is 47.6 Å².